The van der Waals surface area contributed by atoms with Crippen molar-refractivity contribution in [2.75, 3.05) is 12.3 Å². The molecule has 0 amide bonds. The zero-order valence-corrected chi connectivity index (χ0v) is 12.3. The number of thioether (sulfide) groups is 1. The molecule has 0 aliphatic carbocycles. The van der Waals surface area contributed by atoms with Gasteiger partial charge in [0.2, 0.25) is 0 Å². The number of hydrogen-bond acceptors (Lipinski definition) is 2. The second kappa shape index (κ2) is 7.78. The second-order valence-electron chi connectivity index (χ2n) is 4.88. The van der Waals surface area contributed by atoms with E-state index in [1.165, 1.54) is 16.9 Å². The normalized spacial score (nSPS) is 13.0. The first-order valence-corrected chi connectivity index (χ1v) is 7.55. The molecular formula is C15H25NS. The molecule has 0 aliphatic rings. The average Bonchev–Trinajstić information content (AvgIpc) is 2.31. The molecule has 1 aromatic rings. The summed E-state index contributed by atoms with van der Waals surface area (Å²) in [7, 11) is 0. The minimum Gasteiger partial charge on any atom is -0.313 e. The molecule has 0 spiro atoms. The Balaban J connectivity index is 2.49. The summed E-state index contributed by atoms with van der Waals surface area (Å²) in [4.78, 5) is 1.41. The van der Waals surface area contributed by atoms with Crippen molar-refractivity contribution in [2.24, 2.45) is 5.92 Å². The molecule has 1 rings (SSSR count). The van der Waals surface area contributed by atoms with Gasteiger partial charge < -0.3 is 5.32 Å². The van der Waals surface area contributed by atoms with Gasteiger partial charge in [-0.25, -0.2) is 0 Å². The van der Waals surface area contributed by atoms with Crippen LogP contribution < -0.4 is 5.32 Å². The molecule has 0 heterocycles. The average molecular weight is 251 g/mol. The van der Waals surface area contributed by atoms with Gasteiger partial charge in [-0.05, 0) is 37.4 Å². The maximum absolute atomic E-state index is 3.64. The van der Waals surface area contributed by atoms with Crippen LogP contribution in [0, 0.1) is 12.8 Å². The number of rotatable bonds is 7. The van der Waals surface area contributed by atoms with Gasteiger partial charge in [-0.3, -0.25) is 0 Å². The minimum absolute atomic E-state index is 0.611. The van der Waals surface area contributed by atoms with Gasteiger partial charge in [0.25, 0.3) is 0 Å². The van der Waals surface area contributed by atoms with Gasteiger partial charge >= 0.3 is 0 Å². The van der Waals surface area contributed by atoms with E-state index in [0.29, 0.717) is 12.0 Å². The van der Waals surface area contributed by atoms with Gasteiger partial charge in [-0.2, -0.15) is 0 Å². The minimum atomic E-state index is 0.611. The summed E-state index contributed by atoms with van der Waals surface area (Å²) in [5.41, 5.74) is 1.38. The molecular weight excluding hydrogens is 226 g/mol. The van der Waals surface area contributed by atoms with E-state index in [0.717, 1.165) is 12.3 Å². The van der Waals surface area contributed by atoms with E-state index in [-0.39, 0.29) is 0 Å². The molecule has 0 fully saturated rings. The highest BCUT2D eigenvalue weighted by molar-refractivity contribution is 7.99. The topological polar surface area (TPSA) is 12.0 Å². The fourth-order valence-electron chi connectivity index (χ4n) is 1.71. The van der Waals surface area contributed by atoms with Crippen LogP contribution in [-0.2, 0) is 0 Å². The summed E-state index contributed by atoms with van der Waals surface area (Å²) in [5, 5.41) is 3.64. The van der Waals surface area contributed by atoms with Crippen LogP contribution in [0.15, 0.2) is 29.2 Å². The molecule has 0 aliphatic heterocycles. The van der Waals surface area contributed by atoms with E-state index >= 15 is 0 Å². The summed E-state index contributed by atoms with van der Waals surface area (Å²) < 4.78 is 0. The highest BCUT2D eigenvalue weighted by Crippen LogP contribution is 2.23. The van der Waals surface area contributed by atoms with Crippen LogP contribution in [0.4, 0.5) is 0 Å². The Morgan fingerprint density at radius 1 is 1.24 bits per heavy atom. The smallest absolute Gasteiger partial charge is 0.0184 e. The van der Waals surface area contributed by atoms with E-state index in [1.807, 2.05) is 11.8 Å². The zero-order chi connectivity index (χ0) is 12.7. The van der Waals surface area contributed by atoms with Gasteiger partial charge in [-0.15, -0.1) is 11.8 Å². The first-order chi connectivity index (χ1) is 8.15. The molecule has 0 bridgehead atoms. The molecule has 96 valence electrons. The van der Waals surface area contributed by atoms with Gasteiger partial charge in [0.1, 0.15) is 0 Å². The van der Waals surface area contributed by atoms with Crippen molar-refractivity contribution in [1.29, 1.82) is 0 Å². The number of benzene rings is 1. The standard InChI is InChI=1S/C15H25NS/c1-5-10-16-14(12(2)3)11-17-15-9-7-6-8-13(15)4/h6-9,12,14,16H,5,10-11H2,1-4H3. The molecule has 0 radical (unpaired) electrons. The van der Waals surface area contributed by atoms with Crippen molar-refractivity contribution >= 4 is 11.8 Å². The SMILES string of the molecule is CCCNC(CSc1ccccc1C)C(C)C. The lowest BCUT2D eigenvalue weighted by atomic mass is 10.1. The van der Waals surface area contributed by atoms with Crippen molar-refractivity contribution in [3.63, 3.8) is 0 Å². The third-order valence-electron chi connectivity index (χ3n) is 2.97. The molecule has 0 saturated heterocycles. The molecule has 1 unspecified atom stereocenters. The lowest BCUT2D eigenvalue weighted by molar-refractivity contribution is 0.434. The van der Waals surface area contributed by atoms with Gasteiger partial charge in [0.15, 0.2) is 0 Å². The largest absolute Gasteiger partial charge is 0.313 e. The fraction of sp³-hybridized carbons (Fsp3) is 0.600. The maximum atomic E-state index is 3.64. The van der Waals surface area contributed by atoms with Crippen LogP contribution in [0.3, 0.4) is 0 Å². The van der Waals surface area contributed by atoms with Gasteiger partial charge in [0.05, 0.1) is 0 Å². The number of hydrogen-bond donors (Lipinski definition) is 1. The Morgan fingerprint density at radius 3 is 2.53 bits per heavy atom. The highest BCUT2D eigenvalue weighted by atomic mass is 32.2. The van der Waals surface area contributed by atoms with Crippen LogP contribution >= 0.6 is 11.8 Å². The molecule has 1 N–H and O–H groups in total. The summed E-state index contributed by atoms with van der Waals surface area (Å²) in [6.07, 6.45) is 1.21. The quantitative estimate of drug-likeness (QED) is 0.732. The van der Waals surface area contributed by atoms with E-state index in [1.54, 1.807) is 0 Å². The third-order valence-corrected chi connectivity index (χ3v) is 4.27. The van der Waals surface area contributed by atoms with Crippen LogP contribution in [0.5, 0.6) is 0 Å². The van der Waals surface area contributed by atoms with Crippen molar-refractivity contribution in [2.45, 2.75) is 45.1 Å². The van der Waals surface area contributed by atoms with Gasteiger partial charge in [-0.1, -0.05) is 39.0 Å². The summed E-state index contributed by atoms with van der Waals surface area (Å²) in [6.45, 7) is 10.1. The number of aryl methyl sites for hydroxylation is 1. The van der Waals surface area contributed by atoms with Crippen molar-refractivity contribution < 1.29 is 0 Å². The predicted octanol–water partition coefficient (Wildman–Crippen LogP) is 4.11. The second-order valence-corrected chi connectivity index (χ2v) is 5.94. The zero-order valence-electron chi connectivity index (χ0n) is 11.5. The maximum Gasteiger partial charge on any atom is 0.0184 e. The third kappa shape index (κ3) is 5.13. The van der Waals surface area contributed by atoms with E-state index < -0.39 is 0 Å². The van der Waals surface area contributed by atoms with Crippen molar-refractivity contribution in [1.82, 2.24) is 5.32 Å². The Morgan fingerprint density at radius 2 is 1.94 bits per heavy atom. The Hall–Kier alpha value is -0.470. The molecule has 1 aromatic carbocycles. The van der Waals surface area contributed by atoms with Crippen LogP contribution in [-0.4, -0.2) is 18.3 Å². The summed E-state index contributed by atoms with van der Waals surface area (Å²) in [5.74, 6) is 1.85. The molecule has 2 heteroatoms. The monoisotopic (exact) mass is 251 g/mol. The lowest BCUT2D eigenvalue weighted by Crippen LogP contribution is -2.36. The number of nitrogens with one attached hydrogen (secondary N) is 1. The Labute approximate surface area is 110 Å². The highest BCUT2D eigenvalue weighted by Gasteiger charge is 2.12. The molecule has 0 aromatic heterocycles. The van der Waals surface area contributed by atoms with Crippen LogP contribution in [0.1, 0.15) is 32.8 Å². The van der Waals surface area contributed by atoms with Crippen molar-refractivity contribution in [3.8, 4) is 0 Å². The summed E-state index contributed by atoms with van der Waals surface area (Å²) in [6, 6.07) is 9.25. The first-order valence-electron chi connectivity index (χ1n) is 6.57. The molecule has 0 saturated carbocycles. The lowest BCUT2D eigenvalue weighted by Gasteiger charge is -2.22. The first kappa shape index (κ1) is 14.6. The summed E-state index contributed by atoms with van der Waals surface area (Å²) >= 11 is 1.97. The fourth-order valence-corrected chi connectivity index (χ4v) is 3.05. The van der Waals surface area contributed by atoms with Crippen LogP contribution in [0.2, 0.25) is 0 Å². The van der Waals surface area contributed by atoms with E-state index in [2.05, 4.69) is 57.3 Å². The van der Waals surface area contributed by atoms with E-state index in [4.69, 9.17) is 0 Å². The van der Waals surface area contributed by atoms with Gasteiger partial charge in [0, 0.05) is 16.7 Å². The van der Waals surface area contributed by atoms with Crippen molar-refractivity contribution in [3.05, 3.63) is 29.8 Å². The van der Waals surface area contributed by atoms with Crippen LogP contribution in [0.25, 0.3) is 0 Å². The Kier molecular flexibility index (Phi) is 6.68. The Bertz CT molecular complexity index is 322. The molecule has 1 atom stereocenters. The predicted molar refractivity (Wildman–Crippen MR) is 78.8 cm³/mol. The molecule has 1 nitrogen and oxygen atoms in total. The molecule has 17 heavy (non-hydrogen) atoms. The van der Waals surface area contributed by atoms with E-state index in [9.17, 15) is 0 Å².